The fraction of sp³-hybridized carbons (Fsp3) is 0.560. The van der Waals surface area contributed by atoms with Crippen LogP contribution in [-0.4, -0.2) is 63.6 Å². The molecule has 2 heterocycles. The maximum absolute atomic E-state index is 13.0. The first-order valence-corrected chi connectivity index (χ1v) is 12.1. The van der Waals surface area contributed by atoms with Crippen LogP contribution in [0.25, 0.3) is 5.69 Å². The molecule has 2 aromatic rings. The van der Waals surface area contributed by atoms with E-state index in [0.29, 0.717) is 6.54 Å². The van der Waals surface area contributed by atoms with E-state index in [9.17, 15) is 9.59 Å². The molecule has 3 fully saturated rings. The molecule has 0 radical (unpaired) electrons. The van der Waals surface area contributed by atoms with Crippen molar-refractivity contribution in [1.29, 1.82) is 0 Å². The summed E-state index contributed by atoms with van der Waals surface area (Å²) in [4.78, 5) is 29.5. The average molecular weight is 436 g/mol. The quantitative estimate of drug-likeness (QED) is 0.757. The summed E-state index contributed by atoms with van der Waals surface area (Å²) in [6, 6.07) is 8.39. The third kappa shape index (κ3) is 4.58. The molecule has 7 heteroatoms. The zero-order chi connectivity index (χ0) is 21.9. The smallest absolute Gasteiger partial charge is 0.253 e. The second-order valence-corrected chi connectivity index (χ2v) is 9.45. The van der Waals surface area contributed by atoms with Crippen molar-refractivity contribution in [3.8, 4) is 5.69 Å². The van der Waals surface area contributed by atoms with Crippen LogP contribution in [0.1, 0.15) is 60.9 Å². The molecule has 5 rings (SSSR count). The predicted octanol–water partition coefficient (Wildman–Crippen LogP) is 2.99. The second kappa shape index (κ2) is 9.45. The topological polar surface area (TPSA) is 70.5 Å². The molecule has 0 unspecified atom stereocenters. The lowest BCUT2D eigenvalue weighted by Crippen LogP contribution is -2.51. The van der Waals surface area contributed by atoms with Gasteiger partial charge in [-0.2, -0.15) is 5.10 Å². The van der Waals surface area contributed by atoms with Crippen molar-refractivity contribution in [2.24, 2.45) is 5.92 Å². The number of nitrogens with zero attached hydrogens (tertiary/aromatic N) is 4. The Morgan fingerprint density at radius 2 is 1.66 bits per heavy atom. The van der Waals surface area contributed by atoms with Crippen molar-refractivity contribution in [3.63, 3.8) is 0 Å². The molecule has 1 N–H and O–H groups in total. The largest absolute Gasteiger partial charge is 0.352 e. The lowest BCUT2D eigenvalue weighted by Gasteiger charge is -2.38. The van der Waals surface area contributed by atoms with E-state index in [1.165, 1.54) is 25.7 Å². The van der Waals surface area contributed by atoms with Crippen molar-refractivity contribution >= 4 is 11.8 Å². The van der Waals surface area contributed by atoms with Gasteiger partial charge in [0.1, 0.15) is 0 Å². The van der Waals surface area contributed by atoms with Gasteiger partial charge in [0, 0.05) is 62.0 Å². The van der Waals surface area contributed by atoms with E-state index in [1.54, 1.807) is 10.9 Å². The minimum atomic E-state index is 0.113. The highest BCUT2D eigenvalue weighted by molar-refractivity contribution is 5.94. The summed E-state index contributed by atoms with van der Waals surface area (Å²) >= 11 is 0. The minimum absolute atomic E-state index is 0.113. The number of hydrogen-bond acceptors (Lipinski definition) is 4. The summed E-state index contributed by atoms with van der Waals surface area (Å²) < 4.78 is 1.79. The zero-order valence-corrected chi connectivity index (χ0v) is 18.7. The number of nitrogens with one attached hydrogen (secondary N) is 1. The molecule has 0 bridgehead atoms. The standard InChI is InChI=1S/C25H33N5O2/c31-24(20-4-3-5-20)26-16-19-17-27-30(18-19)23-10-8-21(9-11-23)25(32)29-14-12-28(13-15-29)22-6-1-2-7-22/h8-11,17-18,20,22H,1-7,12-16H2,(H,26,31). The van der Waals surface area contributed by atoms with E-state index < -0.39 is 0 Å². The number of aromatic nitrogens is 2. The van der Waals surface area contributed by atoms with Crippen molar-refractivity contribution in [1.82, 2.24) is 24.9 Å². The number of amides is 2. The Hall–Kier alpha value is -2.67. The van der Waals surface area contributed by atoms with Gasteiger partial charge in [-0.05, 0) is 49.9 Å². The zero-order valence-electron chi connectivity index (χ0n) is 18.7. The molecule has 0 atom stereocenters. The van der Waals surface area contributed by atoms with Gasteiger partial charge in [-0.3, -0.25) is 14.5 Å². The third-order valence-corrected chi connectivity index (χ3v) is 7.40. The van der Waals surface area contributed by atoms with Crippen molar-refractivity contribution in [2.45, 2.75) is 57.5 Å². The lowest BCUT2D eigenvalue weighted by molar-refractivity contribution is -0.127. The Bertz CT molecular complexity index is 935. The summed E-state index contributed by atoms with van der Waals surface area (Å²) in [5.74, 6) is 0.458. The molecule has 1 aromatic carbocycles. The Morgan fingerprint density at radius 3 is 2.31 bits per heavy atom. The van der Waals surface area contributed by atoms with Crippen LogP contribution in [0.4, 0.5) is 0 Å². The summed E-state index contributed by atoms with van der Waals surface area (Å²) in [5.41, 5.74) is 2.60. The molecule has 1 aliphatic heterocycles. The van der Waals surface area contributed by atoms with Crippen LogP contribution < -0.4 is 5.32 Å². The van der Waals surface area contributed by atoms with Crippen molar-refractivity contribution in [2.75, 3.05) is 26.2 Å². The van der Waals surface area contributed by atoms with Crippen LogP contribution in [0.3, 0.4) is 0 Å². The van der Waals surface area contributed by atoms with E-state index in [4.69, 9.17) is 0 Å². The van der Waals surface area contributed by atoms with Gasteiger partial charge in [0.25, 0.3) is 5.91 Å². The molecule has 2 aliphatic carbocycles. The van der Waals surface area contributed by atoms with Gasteiger partial charge in [-0.1, -0.05) is 19.3 Å². The van der Waals surface area contributed by atoms with Crippen LogP contribution in [0.2, 0.25) is 0 Å². The summed E-state index contributed by atoms with van der Waals surface area (Å²) in [7, 11) is 0. The number of rotatable bonds is 6. The number of benzene rings is 1. The van der Waals surface area contributed by atoms with E-state index in [-0.39, 0.29) is 17.7 Å². The molecule has 0 spiro atoms. The Morgan fingerprint density at radius 1 is 0.938 bits per heavy atom. The van der Waals surface area contributed by atoms with Gasteiger partial charge in [0.2, 0.25) is 5.91 Å². The van der Waals surface area contributed by atoms with Gasteiger partial charge in [0.15, 0.2) is 0 Å². The summed E-state index contributed by atoms with van der Waals surface area (Å²) in [6.07, 6.45) is 12.2. The maximum Gasteiger partial charge on any atom is 0.253 e. The Labute approximate surface area is 189 Å². The van der Waals surface area contributed by atoms with Gasteiger partial charge in [-0.15, -0.1) is 0 Å². The molecular formula is C25H33N5O2. The molecule has 2 saturated carbocycles. The van der Waals surface area contributed by atoms with Crippen molar-refractivity contribution in [3.05, 3.63) is 47.8 Å². The molecule has 1 aromatic heterocycles. The fourth-order valence-electron chi connectivity index (χ4n) is 5.10. The molecule has 7 nitrogen and oxygen atoms in total. The predicted molar refractivity (Wildman–Crippen MR) is 122 cm³/mol. The first-order chi connectivity index (χ1) is 15.7. The van der Waals surface area contributed by atoms with Crippen molar-refractivity contribution < 1.29 is 9.59 Å². The second-order valence-electron chi connectivity index (χ2n) is 9.45. The normalized spacial score (nSPS) is 20.3. The molecule has 1 saturated heterocycles. The van der Waals surface area contributed by atoms with E-state index >= 15 is 0 Å². The highest BCUT2D eigenvalue weighted by Gasteiger charge is 2.28. The third-order valence-electron chi connectivity index (χ3n) is 7.40. The van der Waals surface area contributed by atoms with Gasteiger partial charge in [-0.25, -0.2) is 4.68 Å². The van der Waals surface area contributed by atoms with Gasteiger partial charge < -0.3 is 10.2 Å². The van der Waals surface area contributed by atoms with Crippen LogP contribution >= 0.6 is 0 Å². The first kappa shape index (κ1) is 21.2. The van der Waals surface area contributed by atoms with E-state index in [0.717, 1.165) is 68.3 Å². The number of piperazine rings is 1. The minimum Gasteiger partial charge on any atom is -0.352 e. The maximum atomic E-state index is 13.0. The SMILES string of the molecule is O=C(NCc1cnn(-c2ccc(C(=O)N3CCN(C4CCCC4)CC3)cc2)c1)C1CCC1. The monoisotopic (exact) mass is 435 g/mol. The summed E-state index contributed by atoms with van der Waals surface area (Å²) in [6.45, 7) is 4.10. The van der Waals surface area contributed by atoms with Crippen LogP contribution in [-0.2, 0) is 11.3 Å². The lowest BCUT2D eigenvalue weighted by atomic mass is 9.85. The number of carbonyl (C=O) groups excluding carboxylic acids is 2. The van der Waals surface area contributed by atoms with Crippen LogP contribution in [0, 0.1) is 5.92 Å². The van der Waals surface area contributed by atoms with Crippen LogP contribution in [0.15, 0.2) is 36.7 Å². The van der Waals surface area contributed by atoms with E-state index in [2.05, 4.69) is 15.3 Å². The Kier molecular flexibility index (Phi) is 6.26. The first-order valence-electron chi connectivity index (χ1n) is 12.1. The Balaban J connectivity index is 1.14. The highest BCUT2D eigenvalue weighted by atomic mass is 16.2. The number of carbonyl (C=O) groups is 2. The van der Waals surface area contributed by atoms with E-state index in [1.807, 2.05) is 35.4 Å². The molecule has 3 aliphatic rings. The molecule has 2 amide bonds. The van der Waals surface area contributed by atoms with Crippen LogP contribution in [0.5, 0.6) is 0 Å². The molecule has 170 valence electrons. The molecule has 32 heavy (non-hydrogen) atoms. The van der Waals surface area contributed by atoms with Gasteiger partial charge in [0.05, 0.1) is 11.9 Å². The fourth-order valence-corrected chi connectivity index (χ4v) is 5.10. The van der Waals surface area contributed by atoms with Gasteiger partial charge >= 0.3 is 0 Å². The highest BCUT2D eigenvalue weighted by Crippen LogP contribution is 2.26. The number of hydrogen-bond donors (Lipinski definition) is 1. The summed E-state index contributed by atoms with van der Waals surface area (Å²) in [5, 5.41) is 7.42. The molecular weight excluding hydrogens is 402 g/mol. The average Bonchev–Trinajstić information content (AvgIpc) is 3.49.